The van der Waals surface area contributed by atoms with Gasteiger partial charge in [0.1, 0.15) is 17.2 Å². The number of ether oxygens (including phenoxy) is 1. The average Bonchev–Trinajstić information content (AvgIpc) is 2.99. The number of hydrogen-bond acceptors (Lipinski definition) is 7. The normalized spacial score (nSPS) is 17.0. The Bertz CT molecular complexity index is 1380. The smallest absolute Gasteiger partial charge is 0.407 e. The van der Waals surface area contributed by atoms with E-state index in [0.717, 1.165) is 69.8 Å². The number of likely N-dealkylation sites (tertiary alicyclic amines) is 1. The lowest BCUT2D eigenvalue weighted by Crippen LogP contribution is -2.46. The van der Waals surface area contributed by atoms with Crippen LogP contribution in [0.25, 0.3) is 11.3 Å². The summed E-state index contributed by atoms with van der Waals surface area (Å²) < 4.78 is 19.8. The fourth-order valence-corrected chi connectivity index (χ4v) is 5.57. The number of aromatic nitrogens is 2. The monoisotopic (exact) mass is 588 g/mol. The summed E-state index contributed by atoms with van der Waals surface area (Å²) >= 11 is 0. The van der Waals surface area contributed by atoms with Gasteiger partial charge >= 0.3 is 6.09 Å². The molecule has 2 aromatic heterocycles. The molecule has 9 nitrogen and oxygen atoms in total. The van der Waals surface area contributed by atoms with E-state index in [1.807, 2.05) is 27.0 Å². The molecule has 1 aromatic carbocycles. The van der Waals surface area contributed by atoms with Gasteiger partial charge in [0.2, 0.25) is 0 Å². The summed E-state index contributed by atoms with van der Waals surface area (Å²) in [5.74, 6) is 0.358. The Hall–Kier alpha value is -4.05. The van der Waals surface area contributed by atoms with Gasteiger partial charge in [0.05, 0.1) is 5.69 Å². The fourth-order valence-electron chi connectivity index (χ4n) is 5.57. The molecule has 0 atom stereocenters. The topological polar surface area (TPSA) is 99.7 Å². The van der Waals surface area contributed by atoms with E-state index in [4.69, 9.17) is 9.72 Å². The minimum atomic E-state index is -0.501. The molecule has 2 aliphatic heterocycles. The maximum absolute atomic E-state index is 14.4. The van der Waals surface area contributed by atoms with Crippen molar-refractivity contribution in [3.05, 3.63) is 77.9 Å². The fraction of sp³-hybridized carbons (Fsp3) is 0.455. The average molecular weight is 589 g/mol. The third-order valence-corrected chi connectivity index (χ3v) is 7.85. The number of carbonyl (C=O) groups is 2. The van der Waals surface area contributed by atoms with Crippen LogP contribution in [0.2, 0.25) is 0 Å². The highest BCUT2D eigenvalue weighted by atomic mass is 19.1. The van der Waals surface area contributed by atoms with Crippen LogP contribution >= 0.6 is 0 Å². The third kappa shape index (κ3) is 8.50. The molecule has 0 radical (unpaired) electrons. The third-order valence-electron chi connectivity index (χ3n) is 7.85. The Kier molecular flexibility index (Phi) is 9.55. The molecule has 0 bridgehead atoms. The highest BCUT2D eigenvalue weighted by Gasteiger charge is 2.25. The van der Waals surface area contributed by atoms with E-state index in [1.54, 1.807) is 30.5 Å². The first-order valence-corrected chi connectivity index (χ1v) is 15.1. The molecule has 0 aliphatic carbocycles. The van der Waals surface area contributed by atoms with Crippen LogP contribution in [-0.2, 0) is 11.3 Å². The minimum Gasteiger partial charge on any atom is -0.444 e. The summed E-state index contributed by atoms with van der Waals surface area (Å²) in [5, 5.41) is 6.11. The number of benzene rings is 1. The lowest BCUT2D eigenvalue weighted by molar-refractivity contribution is 0.0497. The van der Waals surface area contributed by atoms with Crippen LogP contribution in [0.5, 0.6) is 0 Å². The first-order valence-electron chi connectivity index (χ1n) is 15.1. The molecule has 2 amide bonds. The van der Waals surface area contributed by atoms with Crippen molar-refractivity contribution in [1.29, 1.82) is 0 Å². The maximum Gasteiger partial charge on any atom is 0.407 e. The van der Waals surface area contributed by atoms with E-state index in [1.165, 1.54) is 12.1 Å². The molecule has 0 saturated carbocycles. The highest BCUT2D eigenvalue weighted by molar-refractivity contribution is 5.95. The second-order valence-electron chi connectivity index (χ2n) is 12.4. The molecule has 0 spiro atoms. The summed E-state index contributed by atoms with van der Waals surface area (Å²) in [6.07, 6.45) is 6.58. The SMILES string of the molecule is CC(C)(C)OC(=O)NC1CCN(c2ccc(CN3CCC(NC(=O)c4ccc(F)c(-c5ccccn5)c4)CC3)cn2)CC1. The van der Waals surface area contributed by atoms with E-state index in [9.17, 15) is 14.0 Å². The summed E-state index contributed by atoms with van der Waals surface area (Å²) in [6, 6.07) is 14.1. The number of halogens is 1. The van der Waals surface area contributed by atoms with Crippen LogP contribution in [-0.4, -0.2) is 70.7 Å². The van der Waals surface area contributed by atoms with Gasteiger partial charge in [0, 0.05) is 68.3 Å². The van der Waals surface area contributed by atoms with Gasteiger partial charge in [-0.3, -0.25) is 14.7 Å². The molecule has 2 fully saturated rings. The summed E-state index contributed by atoms with van der Waals surface area (Å²) in [5.41, 5.74) is 1.91. The van der Waals surface area contributed by atoms with Crippen molar-refractivity contribution in [3.8, 4) is 11.3 Å². The Morgan fingerprint density at radius 2 is 1.65 bits per heavy atom. The quantitative estimate of drug-likeness (QED) is 0.393. The molecule has 2 saturated heterocycles. The second kappa shape index (κ2) is 13.5. The van der Waals surface area contributed by atoms with E-state index in [2.05, 4.69) is 37.6 Å². The number of hydrogen-bond donors (Lipinski definition) is 2. The standard InChI is InChI=1S/C33H41FN6O3/c1-33(2,3)43-32(42)38-26-13-18-40(19-14-26)30-10-7-23(21-36-30)22-39-16-11-25(12-17-39)37-31(41)24-8-9-28(34)27(20-24)29-6-4-5-15-35-29/h4-10,15,20-21,25-26H,11-14,16-19,22H2,1-3H3,(H,37,41)(H,38,42). The first-order chi connectivity index (χ1) is 20.6. The molecule has 4 heterocycles. The van der Waals surface area contributed by atoms with Crippen LogP contribution < -0.4 is 15.5 Å². The summed E-state index contributed by atoms with van der Waals surface area (Å²) in [6.45, 7) is 9.79. The predicted molar refractivity (Wildman–Crippen MR) is 164 cm³/mol. The lowest BCUT2D eigenvalue weighted by Gasteiger charge is -2.34. The van der Waals surface area contributed by atoms with Gasteiger partial charge in [-0.05, 0) is 88.4 Å². The van der Waals surface area contributed by atoms with Crippen molar-refractivity contribution in [3.63, 3.8) is 0 Å². The molecule has 5 rings (SSSR count). The number of amides is 2. The van der Waals surface area contributed by atoms with Crippen LogP contribution in [0.15, 0.2) is 60.9 Å². The zero-order valence-electron chi connectivity index (χ0n) is 25.2. The largest absolute Gasteiger partial charge is 0.444 e. The highest BCUT2D eigenvalue weighted by Crippen LogP contribution is 2.23. The molecule has 2 N–H and O–H groups in total. The number of rotatable bonds is 7. The van der Waals surface area contributed by atoms with Crippen molar-refractivity contribution >= 4 is 17.8 Å². The summed E-state index contributed by atoms with van der Waals surface area (Å²) in [4.78, 5) is 38.6. The lowest BCUT2D eigenvalue weighted by atomic mass is 10.0. The van der Waals surface area contributed by atoms with Gasteiger partial charge in [0.15, 0.2) is 0 Å². The number of alkyl carbamates (subject to hydrolysis) is 1. The van der Waals surface area contributed by atoms with Crippen molar-refractivity contribution in [1.82, 2.24) is 25.5 Å². The Balaban J connectivity index is 1.05. The molecular weight excluding hydrogens is 547 g/mol. The number of nitrogens with zero attached hydrogens (tertiary/aromatic N) is 4. The van der Waals surface area contributed by atoms with E-state index in [0.29, 0.717) is 16.8 Å². The van der Waals surface area contributed by atoms with Gasteiger partial charge in [-0.2, -0.15) is 0 Å². The Labute approximate surface area is 252 Å². The summed E-state index contributed by atoms with van der Waals surface area (Å²) in [7, 11) is 0. The first kappa shape index (κ1) is 30.4. The Morgan fingerprint density at radius 3 is 2.30 bits per heavy atom. The molecule has 3 aromatic rings. The van der Waals surface area contributed by atoms with Crippen LogP contribution in [0.1, 0.15) is 62.4 Å². The van der Waals surface area contributed by atoms with Gasteiger partial charge < -0.3 is 20.3 Å². The number of pyridine rings is 2. The number of anilines is 1. The predicted octanol–water partition coefficient (Wildman–Crippen LogP) is 5.17. The zero-order valence-corrected chi connectivity index (χ0v) is 25.2. The number of nitrogens with one attached hydrogen (secondary N) is 2. The van der Waals surface area contributed by atoms with Gasteiger partial charge in [-0.1, -0.05) is 12.1 Å². The maximum atomic E-state index is 14.4. The van der Waals surface area contributed by atoms with Crippen molar-refractivity contribution in [2.24, 2.45) is 0 Å². The van der Waals surface area contributed by atoms with Crippen LogP contribution in [0.3, 0.4) is 0 Å². The van der Waals surface area contributed by atoms with Gasteiger partial charge in [-0.15, -0.1) is 0 Å². The number of carbonyl (C=O) groups excluding carboxylic acids is 2. The minimum absolute atomic E-state index is 0.0698. The molecular formula is C33H41FN6O3. The van der Waals surface area contributed by atoms with Crippen LogP contribution in [0.4, 0.5) is 15.0 Å². The van der Waals surface area contributed by atoms with Gasteiger partial charge in [-0.25, -0.2) is 14.2 Å². The van der Waals surface area contributed by atoms with Crippen LogP contribution in [0, 0.1) is 5.82 Å². The Morgan fingerprint density at radius 1 is 0.930 bits per heavy atom. The number of piperidine rings is 2. The zero-order chi connectivity index (χ0) is 30.4. The second-order valence-corrected chi connectivity index (χ2v) is 12.4. The van der Waals surface area contributed by atoms with Crippen molar-refractivity contribution in [2.75, 3.05) is 31.1 Å². The molecule has 43 heavy (non-hydrogen) atoms. The molecule has 228 valence electrons. The van der Waals surface area contributed by atoms with Crippen molar-refractivity contribution < 1.29 is 18.7 Å². The van der Waals surface area contributed by atoms with Gasteiger partial charge in [0.25, 0.3) is 5.91 Å². The molecule has 2 aliphatic rings. The van der Waals surface area contributed by atoms with E-state index in [-0.39, 0.29) is 24.1 Å². The molecule has 10 heteroatoms. The van der Waals surface area contributed by atoms with E-state index >= 15 is 0 Å². The molecule has 0 unspecified atom stereocenters. The van der Waals surface area contributed by atoms with E-state index < -0.39 is 11.4 Å². The van der Waals surface area contributed by atoms with Crippen molar-refractivity contribution in [2.45, 2.75) is 70.7 Å².